The minimum absolute atomic E-state index is 0.0977. The molecule has 0 aliphatic heterocycles. The Bertz CT molecular complexity index is 1270. The van der Waals surface area contributed by atoms with Crippen LogP contribution in [0.15, 0.2) is 54.6 Å². The number of fused-ring (bicyclic) bond motifs is 2. The molecule has 2 aliphatic rings. The van der Waals surface area contributed by atoms with Crippen molar-refractivity contribution in [1.82, 2.24) is 0 Å². The summed E-state index contributed by atoms with van der Waals surface area (Å²) in [5.74, 6) is 0.790. The zero-order chi connectivity index (χ0) is 24.5. The first kappa shape index (κ1) is 23.3. The molecule has 2 N–H and O–H groups in total. The Morgan fingerprint density at radius 3 is 2.06 bits per heavy atom. The predicted octanol–water partition coefficient (Wildman–Crippen LogP) is 7.34. The van der Waals surface area contributed by atoms with Crippen molar-refractivity contribution in [3.63, 3.8) is 0 Å². The first-order chi connectivity index (χ1) is 17.0. The van der Waals surface area contributed by atoms with Crippen LogP contribution in [0.5, 0.6) is 5.75 Å². The summed E-state index contributed by atoms with van der Waals surface area (Å²) in [6, 6.07) is 17.0. The monoisotopic (exact) mass is 467 g/mol. The highest BCUT2D eigenvalue weighted by Gasteiger charge is 2.35. The van der Waals surface area contributed by atoms with E-state index in [0.29, 0.717) is 34.8 Å². The largest absolute Gasteiger partial charge is 0.506 e. The first-order valence-corrected chi connectivity index (χ1v) is 13.0. The highest BCUT2D eigenvalue weighted by Crippen LogP contribution is 2.44. The average molecular weight is 468 g/mol. The number of ketones is 2. The molecule has 4 nitrogen and oxygen atoms in total. The standard InChI is InChI=1S/C31H33NO3/c1-3-7-19-10-12-20(13-11-19)21-14-16-22(17-15-21)25-18-26(32-4-2)27-28(31(25)35)30(34)24-9-6-5-8-23(24)29(27)33/h5-6,8-9,14-20,32,35H,3-4,7,10-13H2,1-2H3. The van der Waals surface area contributed by atoms with Crippen molar-refractivity contribution < 1.29 is 14.7 Å². The quantitative estimate of drug-likeness (QED) is 0.291. The van der Waals surface area contributed by atoms with Gasteiger partial charge < -0.3 is 10.4 Å². The van der Waals surface area contributed by atoms with Crippen LogP contribution in [0.3, 0.4) is 0 Å². The minimum Gasteiger partial charge on any atom is -0.506 e. The fourth-order valence-electron chi connectivity index (χ4n) is 5.96. The van der Waals surface area contributed by atoms with Crippen LogP contribution in [-0.4, -0.2) is 23.2 Å². The molecule has 0 unspecified atom stereocenters. The summed E-state index contributed by atoms with van der Waals surface area (Å²) in [5.41, 5.74) is 4.42. The molecule has 5 rings (SSSR count). The van der Waals surface area contributed by atoms with Gasteiger partial charge in [0.25, 0.3) is 0 Å². The van der Waals surface area contributed by atoms with Gasteiger partial charge in [0.2, 0.25) is 0 Å². The number of hydrogen-bond acceptors (Lipinski definition) is 4. The molecule has 1 saturated carbocycles. The smallest absolute Gasteiger partial charge is 0.198 e. The van der Waals surface area contributed by atoms with Crippen molar-refractivity contribution in [3.05, 3.63) is 82.4 Å². The zero-order valence-electron chi connectivity index (χ0n) is 20.6. The lowest BCUT2D eigenvalue weighted by Crippen LogP contribution is -2.23. The number of rotatable bonds is 6. The molecular weight excluding hydrogens is 434 g/mol. The highest BCUT2D eigenvalue weighted by molar-refractivity contribution is 6.31. The molecule has 35 heavy (non-hydrogen) atoms. The van der Waals surface area contributed by atoms with E-state index >= 15 is 0 Å². The number of aromatic hydroxyl groups is 1. The maximum Gasteiger partial charge on any atom is 0.198 e. The molecule has 180 valence electrons. The molecule has 0 atom stereocenters. The van der Waals surface area contributed by atoms with Crippen LogP contribution >= 0.6 is 0 Å². The van der Waals surface area contributed by atoms with Gasteiger partial charge in [-0.1, -0.05) is 68.3 Å². The van der Waals surface area contributed by atoms with E-state index in [1.54, 1.807) is 24.3 Å². The number of phenolic OH excluding ortho intramolecular Hbond substituents is 1. The maximum atomic E-state index is 13.4. The maximum absolute atomic E-state index is 13.4. The van der Waals surface area contributed by atoms with Gasteiger partial charge in [-0.25, -0.2) is 0 Å². The van der Waals surface area contributed by atoms with Gasteiger partial charge in [0.05, 0.1) is 11.1 Å². The van der Waals surface area contributed by atoms with Gasteiger partial charge in [0.15, 0.2) is 11.6 Å². The van der Waals surface area contributed by atoms with Crippen LogP contribution in [0.1, 0.15) is 95.7 Å². The van der Waals surface area contributed by atoms with Gasteiger partial charge in [-0.2, -0.15) is 0 Å². The second-order valence-electron chi connectivity index (χ2n) is 9.93. The Hall–Kier alpha value is -3.40. The first-order valence-electron chi connectivity index (χ1n) is 13.0. The van der Waals surface area contributed by atoms with Crippen molar-refractivity contribution in [1.29, 1.82) is 0 Å². The van der Waals surface area contributed by atoms with Gasteiger partial charge in [0.1, 0.15) is 5.75 Å². The van der Waals surface area contributed by atoms with Crippen LogP contribution in [-0.2, 0) is 0 Å². The van der Waals surface area contributed by atoms with E-state index in [0.717, 1.165) is 11.5 Å². The second-order valence-corrected chi connectivity index (χ2v) is 9.93. The van der Waals surface area contributed by atoms with E-state index in [-0.39, 0.29) is 28.4 Å². The molecule has 0 aromatic heterocycles. The lowest BCUT2D eigenvalue weighted by atomic mass is 9.77. The number of phenols is 1. The van der Waals surface area contributed by atoms with E-state index in [9.17, 15) is 14.7 Å². The van der Waals surface area contributed by atoms with Gasteiger partial charge in [-0.15, -0.1) is 0 Å². The van der Waals surface area contributed by atoms with E-state index in [2.05, 4.69) is 24.4 Å². The molecule has 0 saturated heterocycles. The van der Waals surface area contributed by atoms with Crippen LogP contribution in [0.25, 0.3) is 11.1 Å². The molecule has 3 aromatic rings. The Kier molecular flexibility index (Phi) is 6.46. The Labute approximate surface area is 207 Å². The Morgan fingerprint density at radius 2 is 1.46 bits per heavy atom. The molecule has 3 aromatic carbocycles. The molecule has 2 aliphatic carbocycles. The van der Waals surface area contributed by atoms with E-state index in [4.69, 9.17) is 0 Å². The average Bonchev–Trinajstić information content (AvgIpc) is 2.89. The van der Waals surface area contributed by atoms with E-state index in [1.807, 2.05) is 25.1 Å². The number of carbonyl (C=O) groups excluding carboxylic acids is 2. The van der Waals surface area contributed by atoms with Crippen molar-refractivity contribution in [2.45, 2.75) is 58.3 Å². The fraction of sp³-hybridized carbons (Fsp3) is 0.355. The van der Waals surface area contributed by atoms with Gasteiger partial charge in [-0.3, -0.25) is 9.59 Å². The Balaban J connectivity index is 1.51. The number of anilines is 1. The molecule has 1 fully saturated rings. The van der Waals surface area contributed by atoms with Crippen molar-refractivity contribution >= 4 is 17.3 Å². The molecular formula is C31H33NO3. The van der Waals surface area contributed by atoms with Crippen molar-refractivity contribution in [2.75, 3.05) is 11.9 Å². The topological polar surface area (TPSA) is 66.4 Å². The summed E-state index contributed by atoms with van der Waals surface area (Å²) in [4.78, 5) is 26.7. The normalized spacial score (nSPS) is 19.3. The summed E-state index contributed by atoms with van der Waals surface area (Å²) in [6.07, 6.45) is 7.67. The summed E-state index contributed by atoms with van der Waals surface area (Å²) in [7, 11) is 0. The zero-order valence-corrected chi connectivity index (χ0v) is 20.6. The van der Waals surface area contributed by atoms with Crippen LogP contribution < -0.4 is 5.32 Å². The third kappa shape index (κ3) is 4.16. The summed E-state index contributed by atoms with van der Waals surface area (Å²) >= 11 is 0. The van der Waals surface area contributed by atoms with Crippen LogP contribution in [0, 0.1) is 5.92 Å². The summed E-state index contributed by atoms with van der Waals surface area (Å²) in [6.45, 7) is 4.82. The SMILES string of the molecule is CCCC1CCC(c2ccc(-c3cc(NCC)c4c(c3O)C(=O)c3ccccc3C4=O)cc2)CC1. The minimum atomic E-state index is -0.311. The van der Waals surface area contributed by atoms with Crippen LogP contribution in [0.4, 0.5) is 5.69 Å². The van der Waals surface area contributed by atoms with Crippen molar-refractivity contribution in [3.8, 4) is 16.9 Å². The van der Waals surface area contributed by atoms with E-state index in [1.165, 1.54) is 44.1 Å². The van der Waals surface area contributed by atoms with Gasteiger partial charge >= 0.3 is 0 Å². The van der Waals surface area contributed by atoms with Crippen molar-refractivity contribution in [2.24, 2.45) is 5.92 Å². The second kappa shape index (κ2) is 9.69. The molecule has 0 spiro atoms. The van der Waals surface area contributed by atoms with Gasteiger partial charge in [-0.05, 0) is 61.6 Å². The number of benzene rings is 3. The van der Waals surface area contributed by atoms with Gasteiger partial charge in [0, 0.05) is 28.9 Å². The fourth-order valence-corrected chi connectivity index (χ4v) is 5.96. The van der Waals surface area contributed by atoms with Crippen LogP contribution in [0.2, 0.25) is 0 Å². The summed E-state index contributed by atoms with van der Waals surface area (Å²) in [5, 5.41) is 14.5. The third-order valence-corrected chi connectivity index (χ3v) is 7.77. The lowest BCUT2D eigenvalue weighted by Gasteiger charge is -2.28. The molecule has 0 radical (unpaired) electrons. The predicted molar refractivity (Wildman–Crippen MR) is 141 cm³/mol. The lowest BCUT2D eigenvalue weighted by molar-refractivity contribution is 0.0977. The molecule has 0 bridgehead atoms. The third-order valence-electron chi connectivity index (χ3n) is 7.77. The van der Waals surface area contributed by atoms with E-state index < -0.39 is 0 Å². The molecule has 4 heteroatoms. The number of nitrogens with one attached hydrogen (secondary N) is 1. The number of hydrogen-bond donors (Lipinski definition) is 2. The molecule has 0 heterocycles. The molecule has 0 amide bonds. The summed E-state index contributed by atoms with van der Waals surface area (Å²) < 4.78 is 0. The Morgan fingerprint density at radius 1 is 0.829 bits per heavy atom. The number of carbonyl (C=O) groups is 2. The highest BCUT2D eigenvalue weighted by atomic mass is 16.3.